The number of carbonyl (C=O) groups excluding carboxylic acids is 1. The molecule has 0 saturated carbocycles. The number of nitrogens with zero attached hydrogens (tertiary/aromatic N) is 1. The summed E-state index contributed by atoms with van der Waals surface area (Å²) in [5.74, 6) is 0.210. The zero-order chi connectivity index (χ0) is 21.0. The molecule has 2 N–H and O–H groups in total. The van der Waals surface area contributed by atoms with E-state index in [0.29, 0.717) is 11.6 Å². The summed E-state index contributed by atoms with van der Waals surface area (Å²) >= 11 is 6.11. The molecule has 0 spiro atoms. The molecule has 1 aromatic heterocycles. The van der Waals surface area contributed by atoms with Gasteiger partial charge in [0.2, 0.25) is 0 Å². The lowest BCUT2D eigenvalue weighted by Gasteiger charge is -2.13. The van der Waals surface area contributed by atoms with Crippen LogP contribution in [-0.4, -0.2) is 26.4 Å². The Labute approximate surface area is 173 Å². The first-order valence-electron chi connectivity index (χ1n) is 8.50. The smallest absolute Gasteiger partial charge is 0.263 e. The second-order valence-electron chi connectivity index (χ2n) is 6.07. The number of para-hydroxylation sites is 2. The molecule has 9 heteroatoms. The molecule has 1 heterocycles. The molecule has 1 amide bonds. The van der Waals surface area contributed by atoms with E-state index in [4.69, 9.17) is 16.3 Å². The van der Waals surface area contributed by atoms with Crippen LogP contribution in [0, 0.1) is 6.92 Å². The van der Waals surface area contributed by atoms with Crippen LogP contribution in [0.4, 0.5) is 11.5 Å². The average Bonchev–Trinajstić information content (AvgIpc) is 2.68. The highest BCUT2D eigenvalue weighted by Gasteiger charge is 2.22. The third-order valence-corrected chi connectivity index (χ3v) is 5.81. The number of aromatic nitrogens is 1. The van der Waals surface area contributed by atoms with E-state index in [0.717, 1.165) is 5.69 Å². The minimum absolute atomic E-state index is 0.0161. The molecular formula is C20H18ClN3O4S. The van der Waals surface area contributed by atoms with Gasteiger partial charge in [-0.15, -0.1) is 0 Å². The second kappa shape index (κ2) is 8.50. The lowest BCUT2D eigenvalue weighted by molar-refractivity contribution is 0.102. The Bertz CT molecular complexity index is 1170. The number of anilines is 2. The van der Waals surface area contributed by atoms with Gasteiger partial charge in [-0.05, 0) is 49.4 Å². The molecule has 0 radical (unpaired) electrons. The van der Waals surface area contributed by atoms with Crippen molar-refractivity contribution >= 4 is 39.0 Å². The maximum absolute atomic E-state index is 12.9. The number of rotatable bonds is 6. The highest BCUT2D eigenvalue weighted by molar-refractivity contribution is 7.92. The summed E-state index contributed by atoms with van der Waals surface area (Å²) in [6.07, 6.45) is 0. The van der Waals surface area contributed by atoms with Gasteiger partial charge in [0, 0.05) is 11.3 Å². The molecule has 0 bridgehead atoms. The summed E-state index contributed by atoms with van der Waals surface area (Å²) in [5.41, 5.74) is 1.12. The summed E-state index contributed by atoms with van der Waals surface area (Å²) < 4.78 is 33.3. The van der Waals surface area contributed by atoms with Crippen molar-refractivity contribution in [3.8, 4) is 5.75 Å². The van der Waals surface area contributed by atoms with E-state index in [-0.39, 0.29) is 21.2 Å². The molecule has 0 atom stereocenters. The first-order valence-corrected chi connectivity index (χ1v) is 10.4. The molecule has 150 valence electrons. The first-order chi connectivity index (χ1) is 13.8. The molecular weight excluding hydrogens is 414 g/mol. The third-order valence-electron chi connectivity index (χ3n) is 3.96. The van der Waals surface area contributed by atoms with Crippen molar-refractivity contribution in [3.63, 3.8) is 0 Å². The van der Waals surface area contributed by atoms with Gasteiger partial charge in [-0.3, -0.25) is 9.52 Å². The predicted octanol–water partition coefficient (Wildman–Crippen LogP) is 4.11. The molecule has 0 aliphatic heterocycles. The van der Waals surface area contributed by atoms with Crippen LogP contribution in [0.5, 0.6) is 5.75 Å². The molecule has 0 unspecified atom stereocenters. The number of pyridine rings is 1. The molecule has 0 aliphatic carbocycles. The molecule has 0 saturated heterocycles. The number of benzene rings is 2. The maximum Gasteiger partial charge on any atom is 0.263 e. The summed E-state index contributed by atoms with van der Waals surface area (Å²) in [7, 11) is -2.63. The summed E-state index contributed by atoms with van der Waals surface area (Å²) in [6.45, 7) is 1.80. The molecule has 0 aliphatic rings. The number of hydrogen-bond acceptors (Lipinski definition) is 5. The molecule has 29 heavy (non-hydrogen) atoms. The summed E-state index contributed by atoms with van der Waals surface area (Å²) in [5, 5.41) is 2.62. The molecule has 7 nitrogen and oxygen atoms in total. The van der Waals surface area contributed by atoms with Crippen molar-refractivity contribution < 1.29 is 17.9 Å². The Morgan fingerprint density at radius 2 is 1.83 bits per heavy atom. The van der Waals surface area contributed by atoms with Crippen LogP contribution >= 0.6 is 11.6 Å². The number of aryl methyl sites for hydroxylation is 1. The Hall–Kier alpha value is -3.10. The fraction of sp³-hybridized carbons (Fsp3) is 0.100. The zero-order valence-electron chi connectivity index (χ0n) is 15.6. The van der Waals surface area contributed by atoms with Gasteiger partial charge in [0.25, 0.3) is 15.9 Å². The lowest BCUT2D eigenvalue weighted by atomic mass is 10.2. The lowest BCUT2D eigenvalue weighted by Crippen LogP contribution is -2.17. The predicted molar refractivity (Wildman–Crippen MR) is 112 cm³/mol. The number of methoxy groups -OCH3 is 1. The van der Waals surface area contributed by atoms with E-state index in [1.807, 2.05) is 0 Å². The first kappa shape index (κ1) is 20.6. The Kier molecular flexibility index (Phi) is 6.05. The number of amides is 1. The molecule has 3 aromatic rings. The number of halogens is 1. The van der Waals surface area contributed by atoms with Crippen LogP contribution in [0.25, 0.3) is 0 Å². The number of carbonyl (C=O) groups is 1. The van der Waals surface area contributed by atoms with Gasteiger partial charge < -0.3 is 10.1 Å². The fourth-order valence-electron chi connectivity index (χ4n) is 2.58. The van der Waals surface area contributed by atoms with Crippen molar-refractivity contribution in [2.24, 2.45) is 0 Å². The van der Waals surface area contributed by atoms with Crippen molar-refractivity contribution in [1.29, 1.82) is 0 Å². The van der Waals surface area contributed by atoms with Crippen LogP contribution in [0.2, 0.25) is 5.02 Å². The number of ether oxygens (including phenoxy) is 1. The van der Waals surface area contributed by atoms with Gasteiger partial charge in [0.05, 0.1) is 17.8 Å². The standard InChI is InChI=1S/C20H18ClN3O4S/c1-13-6-5-9-19(22-13)23-20(25)14-10-11-15(21)18(12-14)29(26,27)24-16-7-3-4-8-17(16)28-2/h3-12,24H,1-2H3,(H,22,23,25). The molecule has 2 aromatic carbocycles. The topological polar surface area (TPSA) is 97.4 Å². The largest absolute Gasteiger partial charge is 0.495 e. The summed E-state index contributed by atoms with van der Waals surface area (Å²) in [4.78, 5) is 16.5. The fourth-order valence-corrected chi connectivity index (χ4v) is 4.18. The van der Waals surface area contributed by atoms with Crippen LogP contribution in [0.15, 0.2) is 65.6 Å². The monoisotopic (exact) mass is 431 g/mol. The third kappa shape index (κ3) is 4.85. The van der Waals surface area contributed by atoms with E-state index >= 15 is 0 Å². The van der Waals surface area contributed by atoms with E-state index in [1.165, 1.54) is 25.3 Å². The van der Waals surface area contributed by atoms with E-state index in [2.05, 4.69) is 15.0 Å². The van der Waals surface area contributed by atoms with Crippen molar-refractivity contribution in [2.45, 2.75) is 11.8 Å². The molecule has 3 rings (SSSR count). The number of nitrogens with one attached hydrogen (secondary N) is 2. The van der Waals surface area contributed by atoms with Gasteiger partial charge in [-0.1, -0.05) is 29.8 Å². The Balaban J connectivity index is 1.90. The van der Waals surface area contributed by atoms with Crippen molar-refractivity contribution in [3.05, 3.63) is 76.9 Å². The van der Waals surface area contributed by atoms with E-state index in [1.54, 1.807) is 49.4 Å². The van der Waals surface area contributed by atoms with Gasteiger partial charge in [0.1, 0.15) is 16.5 Å². The van der Waals surface area contributed by atoms with Crippen LogP contribution in [0.3, 0.4) is 0 Å². The average molecular weight is 432 g/mol. The van der Waals surface area contributed by atoms with Gasteiger partial charge in [0.15, 0.2) is 0 Å². The minimum atomic E-state index is -4.07. The highest BCUT2D eigenvalue weighted by atomic mass is 35.5. The normalized spacial score (nSPS) is 11.0. The second-order valence-corrected chi connectivity index (χ2v) is 8.13. The number of sulfonamides is 1. The minimum Gasteiger partial charge on any atom is -0.495 e. The molecule has 0 fully saturated rings. The summed E-state index contributed by atoms with van der Waals surface area (Å²) in [6, 6.07) is 15.8. The van der Waals surface area contributed by atoms with Crippen LogP contribution in [-0.2, 0) is 10.0 Å². The van der Waals surface area contributed by atoms with E-state index in [9.17, 15) is 13.2 Å². The number of hydrogen-bond donors (Lipinski definition) is 2. The van der Waals surface area contributed by atoms with E-state index < -0.39 is 15.9 Å². The SMILES string of the molecule is COc1ccccc1NS(=O)(=O)c1cc(C(=O)Nc2cccc(C)n2)ccc1Cl. The van der Waals surface area contributed by atoms with Gasteiger partial charge in [-0.2, -0.15) is 0 Å². The zero-order valence-corrected chi connectivity index (χ0v) is 17.2. The van der Waals surface area contributed by atoms with Gasteiger partial charge in [-0.25, -0.2) is 13.4 Å². The van der Waals surface area contributed by atoms with Crippen molar-refractivity contribution in [2.75, 3.05) is 17.1 Å². The quantitative estimate of drug-likeness (QED) is 0.612. The highest BCUT2D eigenvalue weighted by Crippen LogP contribution is 2.29. The van der Waals surface area contributed by atoms with Crippen LogP contribution in [0.1, 0.15) is 16.1 Å². The van der Waals surface area contributed by atoms with Crippen LogP contribution < -0.4 is 14.8 Å². The Morgan fingerprint density at radius 1 is 1.07 bits per heavy atom. The van der Waals surface area contributed by atoms with Gasteiger partial charge >= 0.3 is 0 Å². The maximum atomic E-state index is 12.9. The van der Waals surface area contributed by atoms with Crippen molar-refractivity contribution in [1.82, 2.24) is 4.98 Å². The Morgan fingerprint density at radius 3 is 2.55 bits per heavy atom.